The van der Waals surface area contributed by atoms with Gasteiger partial charge >= 0.3 is 6.03 Å². The summed E-state index contributed by atoms with van der Waals surface area (Å²) in [6.07, 6.45) is 0.931. The van der Waals surface area contributed by atoms with E-state index in [1.807, 2.05) is 48.2 Å². The van der Waals surface area contributed by atoms with Crippen LogP contribution in [-0.4, -0.2) is 33.3 Å². The zero-order chi connectivity index (χ0) is 17.1. The highest BCUT2D eigenvalue weighted by molar-refractivity contribution is 6.04. The Hall–Kier alpha value is -2.69. The van der Waals surface area contributed by atoms with Crippen LogP contribution in [0.2, 0.25) is 0 Å². The molecular weight excluding hydrogens is 302 g/mol. The fraction of sp³-hybridized carbons (Fsp3) is 0.316. The maximum Gasteiger partial charge on any atom is 0.326 e. The Morgan fingerprint density at radius 2 is 1.88 bits per heavy atom. The van der Waals surface area contributed by atoms with Crippen molar-refractivity contribution in [2.24, 2.45) is 0 Å². The van der Waals surface area contributed by atoms with Gasteiger partial charge in [-0.2, -0.15) is 0 Å². The van der Waals surface area contributed by atoms with Crippen molar-refractivity contribution in [1.82, 2.24) is 0 Å². The number of nitrogens with zero attached hydrogens (tertiary/aromatic N) is 2. The van der Waals surface area contributed by atoms with Crippen molar-refractivity contribution in [3.63, 3.8) is 0 Å². The first-order chi connectivity index (χ1) is 11.6. The van der Waals surface area contributed by atoms with Crippen molar-refractivity contribution < 1.29 is 9.53 Å². The summed E-state index contributed by atoms with van der Waals surface area (Å²) in [5.74, 6) is 0.784. The highest BCUT2D eigenvalue weighted by Crippen LogP contribution is 2.32. The van der Waals surface area contributed by atoms with Crippen molar-refractivity contribution in [2.75, 3.05) is 42.4 Å². The Balaban J connectivity index is 1.86. The first kappa shape index (κ1) is 16.2. The Morgan fingerprint density at radius 1 is 1.12 bits per heavy atom. The van der Waals surface area contributed by atoms with E-state index in [4.69, 9.17) is 4.74 Å². The van der Waals surface area contributed by atoms with E-state index in [-0.39, 0.29) is 6.03 Å². The monoisotopic (exact) mass is 325 g/mol. The van der Waals surface area contributed by atoms with Gasteiger partial charge in [0.15, 0.2) is 0 Å². The number of benzene rings is 2. The van der Waals surface area contributed by atoms with Crippen LogP contribution in [0.3, 0.4) is 0 Å². The third-order valence-electron chi connectivity index (χ3n) is 4.38. The third-order valence-corrected chi connectivity index (χ3v) is 4.38. The molecule has 0 atom stereocenters. The predicted octanol–water partition coefficient (Wildman–Crippen LogP) is 3.88. The number of hydrogen-bond acceptors (Lipinski definition) is 3. The quantitative estimate of drug-likeness (QED) is 0.911. The molecule has 0 unspecified atom stereocenters. The number of anilines is 3. The number of carbonyl (C=O) groups is 1. The number of rotatable bonds is 2. The minimum Gasteiger partial charge on any atom is -0.497 e. The van der Waals surface area contributed by atoms with Gasteiger partial charge in [0.1, 0.15) is 5.75 Å². The summed E-state index contributed by atoms with van der Waals surface area (Å²) in [6, 6.07) is 13.6. The standard InChI is InChI=1S/C19H23N3O2/c1-14-13-15(24-3)9-10-16(14)20-19(23)22-12-6-11-21(2)17-7-4-5-8-18(17)22/h4-5,7-10,13H,6,11-12H2,1-3H3,(H,20,23). The maximum absolute atomic E-state index is 12.9. The van der Waals surface area contributed by atoms with Crippen molar-refractivity contribution in [1.29, 1.82) is 0 Å². The number of aryl methyl sites for hydroxylation is 1. The Kier molecular flexibility index (Phi) is 4.60. The van der Waals surface area contributed by atoms with E-state index < -0.39 is 0 Å². The summed E-state index contributed by atoms with van der Waals surface area (Å²) in [4.78, 5) is 16.9. The SMILES string of the molecule is COc1ccc(NC(=O)N2CCCN(C)c3ccccc32)c(C)c1. The van der Waals surface area contributed by atoms with E-state index in [9.17, 15) is 4.79 Å². The van der Waals surface area contributed by atoms with Gasteiger partial charge in [-0.05, 0) is 49.2 Å². The fourth-order valence-corrected chi connectivity index (χ4v) is 3.02. The largest absolute Gasteiger partial charge is 0.497 e. The minimum atomic E-state index is -0.106. The molecule has 24 heavy (non-hydrogen) atoms. The first-order valence-electron chi connectivity index (χ1n) is 8.13. The molecule has 0 saturated carbocycles. The van der Waals surface area contributed by atoms with Crippen molar-refractivity contribution in [2.45, 2.75) is 13.3 Å². The van der Waals surface area contributed by atoms with Gasteiger partial charge in [0.2, 0.25) is 0 Å². The lowest BCUT2D eigenvalue weighted by atomic mass is 10.2. The summed E-state index contributed by atoms with van der Waals surface area (Å²) >= 11 is 0. The molecule has 0 aromatic heterocycles. The average molecular weight is 325 g/mol. The molecule has 126 valence electrons. The van der Waals surface area contributed by atoms with Gasteiger partial charge in [-0.25, -0.2) is 4.79 Å². The molecule has 5 nitrogen and oxygen atoms in total. The summed E-state index contributed by atoms with van der Waals surface area (Å²) < 4.78 is 5.22. The Bertz CT molecular complexity index is 745. The molecule has 1 N–H and O–H groups in total. The van der Waals surface area contributed by atoms with E-state index in [1.165, 1.54) is 0 Å². The minimum absolute atomic E-state index is 0.106. The van der Waals surface area contributed by atoms with Crippen LogP contribution >= 0.6 is 0 Å². The second-order valence-electron chi connectivity index (χ2n) is 6.03. The number of hydrogen-bond donors (Lipinski definition) is 1. The molecule has 0 fully saturated rings. The first-order valence-corrected chi connectivity index (χ1v) is 8.13. The van der Waals surface area contributed by atoms with E-state index in [0.717, 1.165) is 41.3 Å². The zero-order valence-corrected chi connectivity index (χ0v) is 14.4. The van der Waals surface area contributed by atoms with Crippen LogP contribution in [0.15, 0.2) is 42.5 Å². The number of methoxy groups -OCH3 is 1. The number of para-hydroxylation sites is 2. The molecule has 1 aliphatic rings. The molecule has 1 aliphatic heterocycles. The van der Waals surface area contributed by atoms with Crippen molar-refractivity contribution in [3.8, 4) is 5.75 Å². The van der Waals surface area contributed by atoms with Crippen molar-refractivity contribution in [3.05, 3.63) is 48.0 Å². The molecular formula is C19H23N3O2. The van der Waals surface area contributed by atoms with E-state index in [1.54, 1.807) is 7.11 Å². The zero-order valence-electron chi connectivity index (χ0n) is 14.4. The fourth-order valence-electron chi connectivity index (χ4n) is 3.02. The summed E-state index contributed by atoms with van der Waals surface area (Å²) in [6.45, 7) is 3.59. The molecule has 0 saturated heterocycles. The molecule has 0 spiro atoms. The van der Waals surface area contributed by atoms with Gasteiger partial charge in [0, 0.05) is 25.8 Å². The lowest BCUT2D eigenvalue weighted by Crippen LogP contribution is -2.35. The maximum atomic E-state index is 12.9. The van der Waals surface area contributed by atoms with E-state index in [0.29, 0.717) is 6.54 Å². The number of ether oxygens (including phenoxy) is 1. The molecule has 2 amide bonds. The predicted molar refractivity (Wildman–Crippen MR) is 98.4 cm³/mol. The summed E-state index contributed by atoms with van der Waals surface area (Å²) in [7, 11) is 3.70. The lowest BCUT2D eigenvalue weighted by Gasteiger charge is -2.25. The molecule has 0 radical (unpaired) electrons. The van der Waals surface area contributed by atoms with Crippen LogP contribution in [0.5, 0.6) is 5.75 Å². The molecule has 1 heterocycles. The normalized spacial score (nSPS) is 14.0. The number of carbonyl (C=O) groups excluding carboxylic acids is 1. The Morgan fingerprint density at radius 3 is 2.58 bits per heavy atom. The van der Waals surface area contributed by atoms with Crippen LogP contribution in [0.1, 0.15) is 12.0 Å². The van der Waals surface area contributed by atoms with Gasteiger partial charge in [0.25, 0.3) is 0 Å². The van der Waals surface area contributed by atoms with Gasteiger partial charge in [-0.1, -0.05) is 12.1 Å². The van der Waals surface area contributed by atoms with Crippen LogP contribution in [0.4, 0.5) is 21.9 Å². The van der Waals surface area contributed by atoms with Gasteiger partial charge in [-0.3, -0.25) is 4.90 Å². The van der Waals surface area contributed by atoms with Crippen LogP contribution in [0, 0.1) is 6.92 Å². The second-order valence-corrected chi connectivity index (χ2v) is 6.03. The molecule has 0 bridgehead atoms. The Labute approximate surface area is 142 Å². The number of amides is 2. The van der Waals surface area contributed by atoms with Crippen molar-refractivity contribution >= 4 is 23.1 Å². The smallest absolute Gasteiger partial charge is 0.326 e. The van der Waals surface area contributed by atoms with Crippen LogP contribution < -0.4 is 19.9 Å². The lowest BCUT2D eigenvalue weighted by molar-refractivity contribution is 0.257. The molecule has 2 aromatic carbocycles. The number of fused-ring (bicyclic) bond motifs is 1. The molecule has 0 aliphatic carbocycles. The highest BCUT2D eigenvalue weighted by atomic mass is 16.5. The topological polar surface area (TPSA) is 44.8 Å². The molecule has 3 rings (SSSR count). The highest BCUT2D eigenvalue weighted by Gasteiger charge is 2.23. The number of urea groups is 1. The average Bonchev–Trinajstić information content (AvgIpc) is 2.76. The van der Waals surface area contributed by atoms with Gasteiger partial charge < -0.3 is 15.0 Å². The van der Waals surface area contributed by atoms with Crippen LogP contribution in [0.25, 0.3) is 0 Å². The van der Waals surface area contributed by atoms with Gasteiger partial charge in [-0.15, -0.1) is 0 Å². The van der Waals surface area contributed by atoms with E-state index in [2.05, 4.69) is 23.3 Å². The van der Waals surface area contributed by atoms with Crippen LogP contribution in [-0.2, 0) is 0 Å². The number of nitrogens with one attached hydrogen (secondary N) is 1. The third kappa shape index (κ3) is 3.15. The second kappa shape index (κ2) is 6.83. The summed E-state index contributed by atoms with van der Waals surface area (Å²) in [5.41, 5.74) is 3.80. The van der Waals surface area contributed by atoms with E-state index >= 15 is 0 Å². The summed E-state index contributed by atoms with van der Waals surface area (Å²) in [5, 5.41) is 3.03. The van der Waals surface area contributed by atoms with Gasteiger partial charge in [0.05, 0.1) is 18.5 Å². The molecule has 2 aromatic rings. The molecule has 5 heteroatoms.